The molecule has 4 rings (SSSR count). The van der Waals surface area contributed by atoms with Gasteiger partial charge in [-0.15, -0.1) is 0 Å². The normalized spacial score (nSPS) is 15.4. The van der Waals surface area contributed by atoms with E-state index in [1.807, 2.05) is 24.4 Å². The zero-order valence-electron chi connectivity index (χ0n) is 16.6. The molecule has 2 heterocycles. The lowest BCUT2D eigenvalue weighted by Gasteiger charge is -2.16. The summed E-state index contributed by atoms with van der Waals surface area (Å²) in [6.45, 7) is 0.0664. The van der Waals surface area contributed by atoms with E-state index < -0.39 is 0 Å². The van der Waals surface area contributed by atoms with Crippen molar-refractivity contribution in [3.63, 3.8) is 0 Å². The van der Waals surface area contributed by atoms with Crippen LogP contribution in [0.1, 0.15) is 5.56 Å². The van der Waals surface area contributed by atoms with Crippen molar-refractivity contribution < 1.29 is 14.3 Å². The number of carbonyl (C=O) groups is 2. The Morgan fingerprint density at radius 3 is 2.61 bits per heavy atom. The summed E-state index contributed by atoms with van der Waals surface area (Å²) >= 11 is 15.0. The van der Waals surface area contributed by atoms with Gasteiger partial charge in [0.25, 0.3) is 5.91 Å². The first-order chi connectivity index (χ1) is 14.8. The Bertz CT molecular complexity index is 1250. The molecule has 0 spiro atoms. The lowest BCUT2D eigenvalue weighted by molar-refractivity contribution is -0.141. The van der Waals surface area contributed by atoms with E-state index in [1.54, 1.807) is 46.9 Å². The molecule has 1 aliphatic rings. The van der Waals surface area contributed by atoms with E-state index >= 15 is 0 Å². The van der Waals surface area contributed by atoms with Gasteiger partial charge in [0.05, 0.1) is 12.8 Å². The second-order valence-electron chi connectivity index (χ2n) is 6.94. The van der Waals surface area contributed by atoms with Gasteiger partial charge in [-0.2, -0.15) is 0 Å². The van der Waals surface area contributed by atoms with Crippen molar-refractivity contribution in [2.45, 2.75) is 6.54 Å². The average molecular weight is 519 g/mol. The van der Waals surface area contributed by atoms with Crippen molar-refractivity contribution in [2.24, 2.45) is 0 Å². The molecule has 1 saturated heterocycles. The number of fused-ring (bicyclic) bond motifs is 1. The van der Waals surface area contributed by atoms with Crippen LogP contribution >= 0.6 is 39.7 Å². The molecule has 0 saturated carbocycles. The predicted octanol–water partition coefficient (Wildman–Crippen LogP) is 4.83. The van der Waals surface area contributed by atoms with Gasteiger partial charge < -0.3 is 14.2 Å². The van der Waals surface area contributed by atoms with Gasteiger partial charge in [0.1, 0.15) is 12.2 Å². The highest BCUT2D eigenvalue weighted by Gasteiger charge is 2.37. The number of hydrogen-bond acceptors (Lipinski definition) is 4. The molecule has 9 heteroatoms. The molecule has 6 nitrogen and oxygen atoms in total. The maximum absolute atomic E-state index is 13.3. The maximum atomic E-state index is 13.3. The number of benzene rings is 2. The lowest BCUT2D eigenvalue weighted by Crippen LogP contribution is -2.31. The molecule has 0 bridgehead atoms. The van der Waals surface area contributed by atoms with E-state index in [2.05, 4.69) is 15.9 Å². The summed E-state index contributed by atoms with van der Waals surface area (Å²) in [6, 6.07) is 12.7. The summed E-state index contributed by atoms with van der Waals surface area (Å²) < 4.78 is 7.50. The highest BCUT2D eigenvalue weighted by atomic mass is 79.9. The first-order valence-corrected chi connectivity index (χ1v) is 10.8. The molecular formula is C22H17BrClN3O3S. The smallest absolute Gasteiger partial charge is 0.325 e. The highest BCUT2D eigenvalue weighted by molar-refractivity contribution is 9.10. The van der Waals surface area contributed by atoms with Crippen LogP contribution < -0.4 is 4.90 Å². The van der Waals surface area contributed by atoms with E-state index in [0.29, 0.717) is 21.5 Å². The van der Waals surface area contributed by atoms with Gasteiger partial charge in [-0.25, -0.2) is 0 Å². The molecule has 0 N–H and O–H groups in total. The van der Waals surface area contributed by atoms with Gasteiger partial charge in [-0.05, 0) is 60.8 Å². The SMILES string of the molecule is COC(=O)Cn1cc(/C=C2/C(=O)N(c3ccc(Cl)cc3)C(=S)N2C)c2cc(Br)ccc21. The van der Waals surface area contributed by atoms with Gasteiger partial charge in [0.2, 0.25) is 0 Å². The van der Waals surface area contributed by atoms with Crippen molar-refractivity contribution in [3.05, 3.63) is 69.4 Å². The Hall–Kier alpha value is -2.68. The van der Waals surface area contributed by atoms with Gasteiger partial charge in [0, 0.05) is 39.2 Å². The molecule has 158 valence electrons. The van der Waals surface area contributed by atoms with Crippen LogP contribution in [0.2, 0.25) is 5.02 Å². The number of ether oxygens (including phenoxy) is 1. The van der Waals surface area contributed by atoms with Crippen LogP contribution in [-0.2, 0) is 20.9 Å². The summed E-state index contributed by atoms with van der Waals surface area (Å²) in [5.74, 6) is -0.595. The van der Waals surface area contributed by atoms with Crippen LogP contribution in [0.5, 0.6) is 0 Å². The lowest BCUT2D eigenvalue weighted by atomic mass is 10.1. The van der Waals surface area contributed by atoms with E-state index in [1.165, 1.54) is 12.0 Å². The first-order valence-electron chi connectivity index (χ1n) is 9.24. The molecule has 1 aromatic heterocycles. The Morgan fingerprint density at radius 2 is 1.94 bits per heavy atom. The van der Waals surface area contributed by atoms with Crippen LogP contribution in [0.4, 0.5) is 5.69 Å². The molecule has 31 heavy (non-hydrogen) atoms. The number of hydrogen-bond donors (Lipinski definition) is 0. The number of nitrogens with zero attached hydrogens (tertiary/aromatic N) is 3. The topological polar surface area (TPSA) is 54.8 Å². The first kappa shape index (κ1) is 21.5. The second-order valence-corrected chi connectivity index (χ2v) is 8.66. The van der Waals surface area contributed by atoms with Gasteiger partial charge in [-0.1, -0.05) is 27.5 Å². The molecular weight excluding hydrogens is 502 g/mol. The van der Waals surface area contributed by atoms with Crippen molar-refractivity contribution >= 4 is 79.4 Å². The van der Waals surface area contributed by atoms with Crippen LogP contribution in [-0.4, -0.2) is 40.6 Å². The minimum absolute atomic E-state index is 0.0664. The summed E-state index contributed by atoms with van der Waals surface area (Å²) in [7, 11) is 3.11. The maximum Gasteiger partial charge on any atom is 0.325 e. The average Bonchev–Trinajstić information content (AvgIpc) is 3.18. The van der Waals surface area contributed by atoms with E-state index in [9.17, 15) is 9.59 Å². The fraction of sp³-hybridized carbons (Fsp3) is 0.136. The number of thiocarbonyl (C=S) groups is 1. The Balaban J connectivity index is 1.79. The third kappa shape index (κ3) is 3.98. The highest BCUT2D eigenvalue weighted by Crippen LogP contribution is 2.32. The molecule has 2 aromatic carbocycles. The zero-order valence-corrected chi connectivity index (χ0v) is 19.8. The summed E-state index contributed by atoms with van der Waals surface area (Å²) in [4.78, 5) is 28.3. The van der Waals surface area contributed by atoms with E-state index in [-0.39, 0.29) is 18.4 Å². The van der Waals surface area contributed by atoms with E-state index in [4.69, 9.17) is 28.6 Å². The number of rotatable bonds is 4. The molecule has 1 aliphatic heterocycles. The summed E-state index contributed by atoms with van der Waals surface area (Å²) in [5, 5.41) is 1.84. The van der Waals surface area contributed by atoms with E-state index in [0.717, 1.165) is 20.9 Å². The van der Waals surface area contributed by atoms with Crippen molar-refractivity contribution in [3.8, 4) is 0 Å². The van der Waals surface area contributed by atoms with Crippen molar-refractivity contribution in [1.29, 1.82) is 0 Å². The quantitative estimate of drug-likeness (QED) is 0.281. The predicted molar refractivity (Wildman–Crippen MR) is 129 cm³/mol. The number of anilines is 1. The number of esters is 1. The third-order valence-electron chi connectivity index (χ3n) is 5.04. The van der Waals surface area contributed by atoms with Gasteiger partial charge in [0.15, 0.2) is 5.11 Å². The number of likely N-dealkylation sites (N-methyl/N-ethyl adjacent to an activating group) is 1. The number of aromatic nitrogens is 1. The Kier molecular flexibility index (Phi) is 5.88. The van der Waals surface area contributed by atoms with Gasteiger partial charge in [-0.3, -0.25) is 14.5 Å². The Labute approximate surface area is 197 Å². The van der Waals surface area contributed by atoms with Crippen LogP contribution in [0.3, 0.4) is 0 Å². The molecule has 1 fully saturated rings. The van der Waals surface area contributed by atoms with Crippen LogP contribution in [0, 0.1) is 0 Å². The number of amides is 1. The minimum Gasteiger partial charge on any atom is -0.468 e. The monoisotopic (exact) mass is 517 g/mol. The molecule has 0 unspecified atom stereocenters. The number of methoxy groups -OCH3 is 1. The second kappa shape index (κ2) is 8.45. The standard InChI is InChI=1S/C22H17BrClN3O3S/c1-25-19(21(29)27(22(25)31)16-6-4-15(24)5-7-16)9-13-11-26(12-20(28)30-2)18-8-3-14(23)10-17(13)18/h3-11H,12H2,1-2H3/b19-9-. The zero-order chi connectivity index (χ0) is 22.3. The minimum atomic E-state index is -0.358. The fourth-order valence-electron chi connectivity index (χ4n) is 3.47. The van der Waals surface area contributed by atoms with Crippen molar-refractivity contribution in [2.75, 3.05) is 19.1 Å². The molecule has 1 amide bonds. The summed E-state index contributed by atoms with van der Waals surface area (Å²) in [6.07, 6.45) is 3.61. The molecule has 3 aromatic rings. The van der Waals surface area contributed by atoms with Crippen molar-refractivity contribution in [1.82, 2.24) is 9.47 Å². The molecule has 0 radical (unpaired) electrons. The van der Waals surface area contributed by atoms with Crippen LogP contribution in [0.15, 0.2) is 58.8 Å². The fourth-order valence-corrected chi connectivity index (χ4v) is 4.24. The molecule has 0 aliphatic carbocycles. The number of carbonyl (C=O) groups excluding carboxylic acids is 2. The van der Waals surface area contributed by atoms with Gasteiger partial charge >= 0.3 is 5.97 Å². The Morgan fingerprint density at radius 1 is 1.23 bits per heavy atom. The third-order valence-corrected chi connectivity index (χ3v) is 6.24. The molecule has 0 atom stereocenters. The number of halogens is 2. The van der Waals surface area contributed by atoms with Crippen LogP contribution in [0.25, 0.3) is 17.0 Å². The largest absolute Gasteiger partial charge is 0.468 e. The summed E-state index contributed by atoms with van der Waals surface area (Å²) in [5.41, 5.74) is 2.71.